The van der Waals surface area contributed by atoms with E-state index in [0.717, 1.165) is 32.2 Å². The van der Waals surface area contributed by atoms with Gasteiger partial charge in [0.1, 0.15) is 5.60 Å². The SMILES string of the molecule is Cc1nnc(N2CCCC3(CN(C(=O)NC4CC4)CCO3)C2)o1. The summed E-state index contributed by atoms with van der Waals surface area (Å²) in [4.78, 5) is 16.3. The molecule has 1 saturated carbocycles. The van der Waals surface area contributed by atoms with Crippen molar-refractivity contribution in [2.75, 3.05) is 37.7 Å². The molecule has 0 aromatic carbocycles. The highest BCUT2D eigenvalue weighted by Gasteiger charge is 2.43. The number of urea groups is 1. The number of hydrogen-bond donors (Lipinski definition) is 1. The Morgan fingerprint density at radius 1 is 1.30 bits per heavy atom. The van der Waals surface area contributed by atoms with E-state index in [1.807, 2.05) is 4.90 Å². The maximum absolute atomic E-state index is 12.3. The average molecular weight is 321 g/mol. The fourth-order valence-electron chi connectivity index (χ4n) is 3.43. The molecule has 1 spiro atoms. The average Bonchev–Trinajstić information content (AvgIpc) is 3.25. The second-order valence-corrected chi connectivity index (χ2v) is 6.81. The van der Waals surface area contributed by atoms with E-state index in [2.05, 4.69) is 20.4 Å². The summed E-state index contributed by atoms with van der Waals surface area (Å²) in [6.45, 7) is 5.20. The molecular weight excluding hydrogens is 298 g/mol. The van der Waals surface area contributed by atoms with Crippen LogP contribution in [-0.2, 0) is 4.74 Å². The summed E-state index contributed by atoms with van der Waals surface area (Å²) in [5.41, 5.74) is -0.334. The van der Waals surface area contributed by atoms with Crippen LogP contribution in [-0.4, -0.2) is 65.6 Å². The lowest BCUT2D eigenvalue weighted by molar-refractivity contribution is -0.103. The van der Waals surface area contributed by atoms with Gasteiger partial charge in [0.2, 0.25) is 5.89 Å². The van der Waals surface area contributed by atoms with Crippen LogP contribution in [0, 0.1) is 6.92 Å². The van der Waals surface area contributed by atoms with Crippen LogP contribution >= 0.6 is 0 Å². The van der Waals surface area contributed by atoms with E-state index in [9.17, 15) is 4.79 Å². The fraction of sp³-hybridized carbons (Fsp3) is 0.800. The standard InChI is InChI=1S/C15H23N5O3/c1-11-17-18-14(23-11)20-6-2-5-15(10-20)9-19(7-8-22-15)13(21)16-12-3-4-12/h12H,2-10H2,1H3,(H,16,21). The lowest BCUT2D eigenvalue weighted by atomic mass is 9.91. The van der Waals surface area contributed by atoms with E-state index in [4.69, 9.17) is 9.15 Å². The Morgan fingerprint density at radius 3 is 2.91 bits per heavy atom. The smallest absolute Gasteiger partial charge is 0.318 e. The van der Waals surface area contributed by atoms with Crippen molar-refractivity contribution in [2.45, 2.75) is 44.2 Å². The van der Waals surface area contributed by atoms with E-state index >= 15 is 0 Å². The molecule has 3 heterocycles. The normalized spacial score (nSPS) is 28.2. The van der Waals surface area contributed by atoms with Gasteiger partial charge in [-0.3, -0.25) is 0 Å². The highest BCUT2D eigenvalue weighted by Crippen LogP contribution is 2.31. The van der Waals surface area contributed by atoms with Crippen molar-refractivity contribution in [1.29, 1.82) is 0 Å². The summed E-state index contributed by atoms with van der Waals surface area (Å²) in [7, 11) is 0. The molecule has 0 radical (unpaired) electrons. The Bertz CT molecular complexity index is 583. The number of carbonyl (C=O) groups is 1. The first-order valence-electron chi connectivity index (χ1n) is 8.38. The number of hydrogen-bond acceptors (Lipinski definition) is 6. The van der Waals surface area contributed by atoms with Gasteiger partial charge < -0.3 is 24.3 Å². The molecule has 1 unspecified atom stereocenters. The van der Waals surface area contributed by atoms with E-state index in [-0.39, 0.29) is 11.6 Å². The number of ether oxygens (including phenoxy) is 1. The third-order valence-corrected chi connectivity index (χ3v) is 4.77. The van der Waals surface area contributed by atoms with Crippen molar-refractivity contribution in [3.8, 4) is 0 Å². The maximum Gasteiger partial charge on any atom is 0.318 e. The van der Waals surface area contributed by atoms with Crippen LogP contribution in [0.2, 0.25) is 0 Å². The number of nitrogens with zero attached hydrogens (tertiary/aromatic N) is 4. The first-order valence-corrected chi connectivity index (χ1v) is 8.38. The largest absolute Gasteiger partial charge is 0.408 e. The molecule has 1 aliphatic carbocycles. The maximum atomic E-state index is 12.3. The van der Waals surface area contributed by atoms with Crippen molar-refractivity contribution < 1.29 is 13.9 Å². The third kappa shape index (κ3) is 3.12. The van der Waals surface area contributed by atoms with Gasteiger partial charge in [-0.25, -0.2) is 4.79 Å². The Kier molecular flexibility index (Phi) is 3.63. The predicted molar refractivity (Wildman–Crippen MR) is 82.3 cm³/mol. The molecule has 3 aliphatic rings. The predicted octanol–water partition coefficient (Wildman–Crippen LogP) is 0.921. The van der Waals surface area contributed by atoms with Gasteiger partial charge >= 0.3 is 12.0 Å². The van der Waals surface area contributed by atoms with Gasteiger partial charge in [0, 0.05) is 26.1 Å². The lowest BCUT2D eigenvalue weighted by Crippen LogP contribution is -2.62. The molecule has 126 valence electrons. The molecule has 3 fully saturated rings. The lowest BCUT2D eigenvalue weighted by Gasteiger charge is -2.47. The van der Waals surface area contributed by atoms with Crippen LogP contribution in [0.1, 0.15) is 31.6 Å². The van der Waals surface area contributed by atoms with Crippen LogP contribution in [0.25, 0.3) is 0 Å². The number of piperidine rings is 1. The zero-order chi connectivity index (χ0) is 15.9. The van der Waals surface area contributed by atoms with E-state index in [1.165, 1.54) is 0 Å². The van der Waals surface area contributed by atoms with Crippen LogP contribution in [0.4, 0.5) is 10.8 Å². The van der Waals surface area contributed by atoms with E-state index in [0.29, 0.717) is 44.2 Å². The topological polar surface area (TPSA) is 83.7 Å². The minimum atomic E-state index is -0.334. The van der Waals surface area contributed by atoms with Gasteiger partial charge in [0.05, 0.1) is 19.7 Å². The number of anilines is 1. The number of carbonyl (C=O) groups excluding carboxylic acids is 1. The molecule has 1 atom stereocenters. The summed E-state index contributed by atoms with van der Waals surface area (Å²) < 4.78 is 11.7. The summed E-state index contributed by atoms with van der Waals surface area (Å²) in [5, 5.41) is 11.1. The van der Waals surface area contributed by atoms with Gasteiger partial charge in [-0.15, -0.1) is 5.10 Å². The fourth-order valence-corrected chi connectivity index (χ4v) is 3.43. The number of nitrogens with one attached hydrogen (secondary N) is 1. The van der Waals surface area contributed by atoms with Crippen molar-refractivity contribution >= 4 is 12.0 Å². The Hall–Kier alpha value is -1.83. The van der Waals surface area contributed by atoms with Crippen LogP contribution in [0.15, 0.2) is 4.42 Å². The minimum absolute atomic E-state index is 0.0425. The summed E-state index contributed by atoms with van der Waals surface area (Å²) in [6, 6.07) is 0.969. The second kappa shape index (κ2) is 5.67. The van der Waals surface area contributed by atoms with E-state index < -0.39 is 0 Å². The van der Waals surface area contributed by atoms with Gasteiger partial charge in [-0.05, 0) is 25.7 Å². The molecular formula is C15H23N5O3. The molecule has 0 bridgehead atoms. The van der Waals surface area contributed by atoms with Crippen molar-refractivity contribution in [2.24, 2.45) is 0 Å². The van der Waals surface area contributed by atoms with E-state index in [1.54, 1.807) is 6.92 Å². The molecule has 2 saturated heterocycles. The zero-order valence-corrected chi connectivity index (χ0v) is 13.5. The van der Waals surface area contributed by atoms with Gasteiger partial charge in [0.25, 0.3) is 0 Å². The molecule has 8 nitrogen and oxygen atoms in total. The quantitative estimate of drug-likeness (QED) is 0.872. The number of morpholine rings is 1. The Labute approximate surface area is 135 Å². The second-order valence-electron chi connectivity index (χ2n) is 6.81. The third-order valence-electron chi connectivity index (χ3n) is 4.77. The van der Waals surface area contributed by atoms with Crippen molar-refractivity contribution in [3.05, 3.63) is 5.89 Å². The van der Waals surface area contributed by atoms with Gasteiger partial charge in [-0.1, -0.05) is 5.10 Å². The molecule has 2 amide bonds. The van der Waals surface area contributed by atoms with Crippen LogP contribution < -0.4 is 10.2 Å². The molecule has 1 aromatic heterocycles. The first kappa shape index (κ1) is 14.7. The van der Waals surface area contributed by atoms with Crippen molar-refractivity contribution in [1.82, 2.24) is 20.4 Å². The molecule has 2 aliphatic heterocycles. The monoisotopic (exact) mass is 321 g/mol. The minimum Gasteiger partial charge on any atom is -0.408 e. The highest BCUT2D eigenvalue weighted by molar-refractivity contribution is 5.75. The Balaban J connectivity index is 1.44. The number of aryl methyl sites for hydroxylation is 1. The van der Waals surface area contributed by atoms with Crippen LogP contribution in [0.3, 0.4) is 0 Å². The van der Waals surface area contributed by atoms with Crippen molar-refractivity contribution in [3.63, 3.8) is 0 Å². The Morgan fingerprint density at radius 2 is 2.17 bits per heavy atom. The highest BCUT2D eigenvalue weighted by atomic mass is 16.5. The van der Waals surface area contributed by atoms with Gasteiger partial charge in [0.15, 0.2) is 0 Å². The molecule has 1 aromatic rings. The number of aromatic nitrogens is 2. The number of amides is 2. The summed E-state index contributed by atoms with van der Waals surface area (Å²) in [6.07, 6.45) is 4.14. The molecule has 1 N–H and O–H groups in total. The first-order chi connectivity index (χ1) is 11.1. The molecule has 4 rings (SSSR count). The zero-order valence-electron chi connectivity index (χ0n) is 13.5. The summed E-state index contributed by atoms with van der Waals surface area (Å²) in [5.74, 6) is 0.564. The van der Waals surface area contributed by atoms with Gasteiger partial charge in [-0.2, -0.15) is 0 Å². The molecule has 23 heavy (non-hydrogen) atoms. The summed E-state index contributed by atoms with van der Waals surface area (Å²) >= 11 is 0. The number of rotatable bonds is 2. The van der Waals surface area contributed by atoms with Crippen LogP contribution in [0.5, 0.6) is 0 Å². The molecule has 8 heteroatoms.